The second-order valence-corrected chi connectivity index (χ2v) is 6.48. The molecule has 19 heavy (non-hydrogen) atoms. The smallest absolute Gasteiger partial charge is 0.234 e. The Hall–Kier alpha value is -0.610. The summed E-state index contributed by atoms with van der Waals surface area (Å²) >= 11 is 0. The van der Waals surface area contributed by atoms with E-state index in [9.17, 15) is 4.79 Å². The highest BCUT2D eigenvalue weighted by molar-refractivity contribution is 5.75. The molecule has 4 heteroatoms. The molecule has 110 valence electrons. The van der Waals surface area contributed by atoms with Crippen LogP contribution in [0.15, 0.2) is 0 Å². The SMILES string of the molecule is CC1CCCC(C)N1NC(=O)CC1CCCCC1N. The van der Waals surface area contributed by atoms with E-state index in [1.165, 1.54) is 32.1 Å². The van der Waals surface area contributed by atoms with Gasteiger partial charge in [-0.3, -0.25) is 10.2 Å². The number of carbonyl (C=O) groups excluding carboxylic acids is 1. The minimum absolute atomic E-state index is 0.156. The Morgan fingerprint density at radius 2 is 1.74 bits per heavy atom. The Kier molecular flexibility index (Phi) is 5.22. The second kappa shape index (κ2) is 6.71. The summed E-state index contributed by atoms with van der Waals surface area (Å²) < 4.78 is 0. The number of nitrogens with two attached hydrogens (primary N) is 1. The van der Waals surface area contributed by atoms with Crippen LogP contribution in [0.4, 0.5) is 0 Å². The molecule has 1 aliphatic carbocycles. The summed E-state index contributed by atoms with van der Waals surface area (Å²) in [6.07, 6.45) is 8.84. The van der Waals surface area contributed by atoms with Gasteiger partial charge >= 0.3 is 0 Å². The average molecular weight is 267 g/mol. The van der Waals surface area contributed by atoms with Crippen molar-refractivity contribution in [2.24, 2.45) is 11.7 Å². The van der Waals surface area contributed by atoms with Gasteiger partial charge in [0.15, 0.2) is 0 Å². The van der Waals surface area contributed by atoms with Gasteiger partial charge in [0.1, 0.15) is 0 Å². The fourth-order valence-electron chi connectivity index (χ4n) is 3.56. The molecule has 0 bridgehead atoms. The number of hydrazine groups is 1. The fraction of sp³-hybridized carbons (Fsp3) is 0.933. The number of rotatable bonds is 3. The van der Waals surface area contributed by atoms with Crippen molar-refractivity contribution in [2.45, 2.75) is 83.3 Å². The van der Waals surface area contributed by atoms with Crippen molar-refractivity contribution in [3.63, 3.8) is 0 Å². The first-order valence-electron chi connectivity index (χ1n) is 7.91. The molecule has 1 saturated heterocycles. The molecule has 0 aromatic rings. The Bertz CT molecular complexity index is 298. The number of carbonyl (C=O) groups is 1. The molecule has 0 aromatic heterocycles. The highest BCUT2D eigenvalue weighted by Gasteiger charge is 2.28. The lowest BCUT2D eigenvalue weighted by molar-refractivity contribution is -0.130. The second-order valence-electron chi connectivity index (χ2n) is 6.48. The van der Waals surface area contributed by atoms with Gasteiger partial charge in [-0.15, -0.1) is 0 Å². The van der Waals surface area contributed by atoms with Crippen LogP contribution in [0.5, 0.6) is 0 Å². The zero-order valence-electron chi connectivity index (χ0n) is 12.4. The standard InChI is InChI=1S/C15H29N3O/c1-11-6-5-7-12(2)18(11)17-15(19)10-13-8-3-4-9-14(13)16/h11-14H,3-10,16H2,1-2H3,(H,17,19). The molecule has 4 atom stereocenters. The van der Waals surface area contributed by atoms with Crippen molar-refractivity contribution in [3.8, 4) is 0 Å². The summed E-state index contributed by atoms with van der Waals surface area (Å²) in [5, 5.41) is 2.15. The molecule has 2 rings (SSSR count). The van der Waals surface area contributed by atoms with Gasteiger partial charge in [0.25, 0.3) is 0 Å². The van der Waals surface area contributed by atoms with E-state index in [-0.39, 0.29) is 11.9 Å². The van der Waals surface area contributed by atoms with Gasteiger partial charge in [-0.05, 0) is 45.4 Å². The van der Waals surface area contributed by atoms with Gasteiger partial charge in [-0.2, -0.15) is 0 Å². The normalized spacial score (nSPS) is 37.0. The average Bonchev–Trinajstić information content (AvgIpc) is 2.37. The Morgan fingerprint density at radius 1 is 1.11 bits per heavy atom. The summed E-state index contributed by atoms with van der Waals surface area (Å²) in [5.74, 6) is 0.534. The Balaban J connectivity index is 1.82. The van der Waals surface area contributed by atoms with E-state index in [4.69, 9.17) is 5.73 Å². The van der Waals surface area contributed by atoms with Gasteiger partial charge < -0.3 is 5.73 Å². The predicted molar refractivity (Wildman–Crippen MR) is 77.3 cm³/mol. The van der Waals surface area contributed by atoms with Crippen LogP contribution >= 0.6 is 0 Å². The largest absolute Gasteiger partial charge is 0.327 e. The third-order valence-corrected chi connectivity index (χ3v) is 4.86. The fourth-order valence-corrected chi connectivity index (χ4v) is 3.56. The molecule has 0 aromatic carbocycles. The monoisotopic (exact) mass is 267 g/mol. The summed E-state index contributed by atoms with van der Waals surface area (Å²) in [6.45, 7) is 4.39. The van der Waals surface area contributed by atoms with Crippen molar-refractivity contribution < 1.29 is 4.79 Å². The highest BCUT2D eigenvalue weighted by atomic mass is 16.2. The number of piperidine rings is 1. The van der Waals surface area contributed by atoms with E-state index in [1.807, 2.05) is 0 Å². The molecule has 1 aliphatic heterocycles. The van der Waals surface area contributed by atoms with E-state index in [0.717, 1.165) is 12.8 Å². The number of hydrogen-bond acceptors (Lipinski definition) is 3. The molecule has 4 nitrogen and oxygen atoms in total. The van der Waals surface area contributed by atoms with Crippen molar-refractivity contribution in [1.29, 1.82) is 0 Å². The van der Waals surface area contributed by atoms with E-state index < -0.39 is 0 Å². The minimum Gasteiger partial charge on any atom is -0.327 e. The molecule has 0 radical (unpaired) electrons. The molecule has 2 aliphatic rings. The van der Waals surface area contributed by atoms with Crippen molar-refractivity contribution in [1.82, 2.24) is 10.4 Å². The molecule has 0 spiro atoms. The maximum absolute atomic E-state index is 12.2. The van der Waals surface area contributed by atoms with Crippen molar-refractivity contribution >= 4 is 5.91 Å². The lowest BCUT2D eigenvalue weighted by Crippen LogP contribution is -2.54. The molecule has 1 saturated carbocycles. The van der Waals surface area contributed by atoms with Crippen LogP contribution in [0.3, 0.4) is 0 Å². The van der Waals surface area contributed by atoms with Crippen LogP contribution in [-0.2, 0) is 4.79 Å². The first kappa shape index (κ1) is 14.8. The third-order valence-electron chi connectivity index (χ3n) is 4.86. The number of nitrogens with one attached hydrogen (secondary N) is 1. The molecule has 2 fully saturated rings. The van der Waals surface area contributed by atoms with Gasteiger partial charge in [0, 0.05) is 24.5 Å². The van der Waals surface area contributed by atoms with Crippen molar-refractivity contribution in [2.75, 3.05) is 0 Å². The first-order chi connectivity index (χ1) is 9.08. The molecule has 3 N–H and O–H groups in total. The maximum Gasteiger partial charge on any atom is 0.234 e. The predicted octanol–water partition coefficient (Wildman–Crippen LogP) is 2.19. The summed E-state index contributed by atoms with van der Waals surface area (Å²) in [5.41, 5.74) is 9.25. The van der Waals surface area contributed by atoms with E-state index >= 15 is 0 Å². The van der Waals surface area contributed by atoms with Gasteiger partial charge in [0.2, 0.25) is 5.91 Å². The number of nitrogens with zero attached hydrogens (tertiary/aromatic N) is 1. The van der Waals surface area contributed by atoms with Gasteiger partial charge in [-0.25, -0.2) is 5.01 Å². The molecular weight excluding hydrogens is 238 g/mol. The summed E-state index contributed by atoms with van der Waals surface area (Å²) in [4.78, 5) is 12.2. The molecule has 1 amide bonds. The quantitative estimate of drug-likeness (QED) is 0.824. The first-order valence-corrected chi connectivity index (χ1v) is 7.91. The van der Waals surface area contributed by atoms with E-state index in [1.54, 1.807) is 0 Å². The van der Waals surface area contributed by atoms with Gasteiger partial charge in [-0.1, -0.05) is 19.3 Å². The Morgan fingerprint density at radius 3 is 2.37 bits per heavy atom. The van der Waals surface area contributed by atoms with Crippen LogP contribution in [0, 0.1) is 5.92 Å². The van der Waals surface area contributed by atoms with E-state index in [0.29, 0.717) is 24.4 Å². The number of hydrogen-bond donors (Lipinski definition) is 2. The minimum atomic E-state index is 0.156. The molecule has 1 heterocycles. The van der Waals surface area contributed by atoms with Crippen LogP contribution in [-0.4, -0.2) is 29.0 Å². The maximum atomic E-state index is 12.2. The lowest BCUT2D eigenvalue weighted by Gasteiger charge is -2.39. The molecule has 4 unspecified atom stereocenters. The number of amides is 1. The van der Waals surface area contributed by atoms with Crippen molar-refractivity contribution in [3.05, 3.63) is 0 Å². The van der Waals surface area contributed by atoms with Crippen LogP contribution in [0.2, 0.25) is 0 Å². The van der Waals surface area contributed by atoms with Crippen LogP contribution < -0.4 is 11.2 Å². The van der Waals surface area contributed by atoms with E-state index in [2.05, 4.69) is 24.3 Å². The lowest BCUT2D eigenvalue weighted by atomic mass is 9.83. The van der Waals surface area contributed by atoms with Crippen LogP contribution in [0.1, 0.15) is 65.2 Å². The zero-order valence-corrected chi connectivity index (χ0v) is 12.4. The highest BCUT2D eigenvalue weighted by Crippen LogP contribution is 2.26. The Labute approximate surface area is 117 Å². The summed E-state index contributed by atoms with van der Waals surface area (Å²) in [7, 11) is 0. The third kappa shape index (κ3) is 3.93. The summed E-state index contributed by atoms with van der Waals surface area (Å²) in [6, 6.07) is 1.12. The van der Waals surface area contributed by atoms with Gasteiger partial charge in [0.05, 0.1) is 0 Å². The topological polar surface area (TPSA) is 58.4 Å². The molecular formula is C15H29N3O. The van der Waals surface area contributed by atoms with Crippen LogP contribution in [0.25, 0.3) is 0 Å². The zero-order chi connectivity index (χ0) is 13.8.